The van der Waals surface area contributed by atoms with Crippen LogP contribution in [-0.4, -0.2) is 58.9 Å². The summed E-state index contributed by atoms with van der Waals surface area (Å²) in [4.78, 5) is 2.01. The molecule has 3 aromatic rings. The Morgan fingerprint density at radius 3 is 2.27 bits per heavy atom. The van der Waals surface area contributed by atoms with Crippen LogP contribution >= 0.6 is 0 Å². The quantitative estimate of drug-likeness (QED) is 0.616. The lowest BCUT2D eigenvalue weighted by Gasteiger charge is -2.34. The van der Waals surface area contributed by atoms with Gasteiger partial charge in [0, 0.05) is 31.9 Å². The third kappa shape index (κ3) is 4.34. The Balaban J connectivity index is 1.40. The summed E-state index contributed by atoms with van der Waals surface area (Å²) in [6, 6.07) is 11.4. The molecule has 1 aliphatic rings. The molecule has 1 aliphatic heterocycles. The maximum Gasteiger partial charge on any atom is 0.218 e. The second kappa shape index (κ2) is 8.11. The number of anilines is 1. The molecule has 0 amide bonds. The van der Waals surface area contributed by atoms with Crippen molar-refractivity contribution in [3.63, 3.8) is 0 Å². The number of rotatable bonds is 5. The molecule has 2 aromatic heterocycles. The number of aromatic nitrogens is 4. The summed E-state index contributed by atoms with van der Waals surface area (Å²) in [6.45, 7) is 5.59. The van der Waals surface area contributed by atoms with E-state index in [9.17, 15) is 12.8 Å². The Labute approximate surface area is 175 Å². The fourth-order valence-electron chi connectivity index (χ4n) is 3.58. The van der Waals surface area contributed by atoms with Crippen molar-refractivity contribution in [1.82, 2.24) is 24.3 Å². The molecule has 0 spiro atoms. The summed E-state index contributed by atoms with van der Waals surface area (Å²) in [5.74, 6) is 0.695. The highest BCUT2D eigenvalue weighted by atomic mass is 32.2. The van der Waals surface area contributed by atoms with Gasteiger partial charge in [-0.15, -0.1) is 10.2 Å². The summed E-state index contributed by atoms with van der Waals surface area (Å²) in [6.07, 6.45) is 0. The van der Waals surface area contributed by atoms with Crippen LogP contribution in [0.15, 0.2) is 42.5 Å². The first-order chi connectivity index (χ1) is 14.3. The molecule has 0 unspecified atom stereocenters. The van der Waals surface area contributed by atoms with Gasteiger partial charge in [0.15, 0.2) is 11.6 Å². The van der Waals surface area contributed by atoms with Crippen molar-refractivity contribution in [2.45, 2.75) is 19.6 Å². The maximum absolute atomic E-state index is 13.4. The predicted octanol–water partition coefficient (Wildman–Crippen LogP) is 2.07. The first-order valence-electron chi connectivity index (χ1n) is 9.66. The Bertz CT molecular complexity index is 1140. The molecule has 3 heterocycles. The number of piperazine rings is 1. The van der Waals surface area contributed by atoms with Gasteiger partial charge >= 0.3 is 0 Å². The fourth-order valence-corrected chi connectivity index (χ4v) is 5.09. The average Bonchev–Trinajstić information content (AvgIpc) is 3.06. The van der Waals surface area contributed by atoms with Crippen molar-refractivity contribution < 1.29 is 12.8 Å². The molecule has 0 radical (unpaired) electrons. The van der Waals surface area contributed by atoms with Crippen LogP contribution in [0.5, 0.6) is 0 Å². The zero-order valence-electron chi connectivity index (χ0n) is 16.9. The number of aryl methyl sites for hydroxylation is 2. The van der Waals surface area contributed by atoms with Gasteiger partial charge in [-0.3, -0.25) is 0 Å². The molecule has 1 saturated heterocycles. The van der Waals surface area contributed by atoms with Gasteiger partial charge in [-0.25, -0.2) is 17.5 Å². The van der Waals surface area contributed by atoms with E-state index in [1.165, 1.54) is 22.5 Å². The van der Waals surface area contributed by atoms with E-state index in [1.807, 2.05) is 36.9 Å². The van der Waals surface area contributed by atoms with E-state index in [-0.39, 0.29) is 5.75 Å². The zero-order chi connectivity index (χ0) is 21.3. The normalized spacial score (nSPS) is 15.5. The number of benzene rings is 1. The number of halogens is 1. The van der Waals surface area contributed by atoms with E-state index in [1.54, 1.807) is 10.7 Å². The molecule has 1 fully saturated rings. The standard InChI is InChI=1S/C20H23FN6O2S/c1-15-12-16(2)27(24-15)20-7-6-19(22-23-20)25-8-10-26(11-9-25)30(28,29)14-17-4-3-5-18(21)13-17/h3-7,12-13H,8-11,14H2,1-2H3. The average molecular weight is 431 g/mol. The highest BCUT2D eigenvalue weighted by Gasteiger charge is 2.28. The van der Waals surface area contributed by atoms with Gasteiger partial charge in [0.25, 0.3) is 0 Å². The Morgan fingerprint density at radius 1 is 0.967 bits per heavy atom. The Morgan fingerprint density at radius 2 is 1.67 bits per heavy atom. The molecule has 30 heavy (non-hydrogen) atoms. The molecular weight excluding hydrogens is 407 g/mol. The monoisotopic (exact) mass is 430 g/mol. The molecule has 8 nitrogen and oxygen atoms in total. The Hall–Kier alpha value is -2.85. The summed E-state index contributed by atoms with van der Waals surface area (Å²) in [7, 11) is -3.51. The lowest BCUT2D eigenvalue weighted by atomic mass is 10.2. The predicted molar refractivity (Wildman–Crippen MR) is 111 cm³/mol. The molecule has 158 valence electrons. The van der Waals surface area contributed by atoms with Crippen LogP contribution in [0.25, 0.3) is 5.82 Å². The summed E-state index contributed by atoms with van der Waals surface area (Å²) in [5, 5.41) is 13.0. The highest BCUT2D eigenvalue weighted by molar-refractivity contribution is 7.88. The van der Waals surface area contributed by atoms with Crippen molar-refractivity contribution >= 4 is 15.8 Å². The van der Waals surface area contributed by atoms with Crippen molar-refractivity contribution in [3.8, 4) is 5.82 Å². The van der Waals surface area contributed by atoms with Gasteiger partial charge in [-0.1, -0.05) is 12.1 Å². The van der Waals surface area contributed by atoms with E-state index in [0.29, 0.717) is 43.4 Å². The van der Waals surface area contributed by atoms with Crippen LogP contribution in [0.3, 0.4) is 0 Å². The largest absolute Gasteiger partial charge is 0.352 e. The third-order valence-corrected chi connectivity index (χ3v) is 6.91. The fraction of sp³-hybridized carbons (Fsp3) is 0.350. The highest BCUT2D eigenvalue weighted by Crippen LogP contribution is 2.19. The van der Waals surface area contributed by atoms with Gasteiger partial charge < -0.3 is 4.90 Å². The topological polar surface area (TPSA) is 84.2 Å². The molecule has 4 rings (SSSR count). The second-order valence-electron chi connectivity index (χ2n) is 7.36. The van der Waals surface area contributed by atoms with Gasteiger partial charge in [0.05, 0.1) is 11.4 Å². The SMILES string of the molecule is Cc1cc(C)n(-c2ccc(N3CCN(S(=O)(=O)Cc4cccc(F)c4)CC3)nn2)n1. The zero-order valence-corrected chi connectivity index (χ0v) is 17.7. The number of nitrogens with zero attached hydrogens (tertiary/aromatic N) is 6. The minimum absolute atomic E-state index is 0.206. The molecule has 0 saturated carbocycles. The van der Waals surface area contributed by atoms with Gasteiger partial charge in [0.2, 0.25) is 10.0 Å². The molecule has 10 heteroatoms. The van der Waals surface area contributed by atoms with E-state index in [2.05, 4.69) is 15.3 Å². The minimum atomic E-state index is -3.51. The summed E-state index contributed by atoms with van der Waals surface area (Å²) in [5.41, 5.74) is 2.34. The van der Waals surface area contributed by atoms with Crippen molar-refractivity contribution in [2.24, 2.45) is 0 Å². The van der Waals surface area contributed by atoms with Crippen molar-refractivity contribution in [2.75, 3.05) is 31.1 Å². The van der Waals surface area contributed by atoms with Crippen LogP contribution in [0.1, 0.15) is 17.0 Å². The van der Waals surface area contributed by atoms with Crippen molar-refractivity contribution in [1.29, 1.82) is 0 Å². The maximum atomic E-state index is 13.4. The summed E-state index contributed by atoms with van der Waals surface area (Å²) < 4.78 is 41.9. The van der Waals surface area contributed by atoms with E-state index < -0.39 is 15.8 Å². The molecule has 0 bridgehead atoms. The van der Waals surface area contributed by atoms with Gasteiger partial charge in [0.1, 0.15) is 5.82 Å². The van der Waals surface area contributed by atoms with E-state index in [4.69, 9.17) is 0 Å². The van der Waals surface area contributed by atoms with Crippen LogP contribution in [0, 0.1) is 19.7 Å². The third-order valence-electron chi connectivity index (χ3n) is 5.06. The molecular formula is C20H23FN6O2S. The van der Waals surface area contributed by atoms with Crippen LogP contribution in [0.2, 0.25) is 0 Å². The molecule has 0 N–H and O–H groups in total. The number of hydrogen-bond acceptors (Lipinski definition) is 6. The molecule has 0 aliphatic carbocycles. The molecule has 0 atom stereocenters. The van der Waals surface area contributed by atoms with E-state index >= 15 is 0 Å². The smallest absolute Gasteiger partial charge is 0.218 e. The van der Waals surface area contributed by atoms with Crippen molar-refractivity contribution in [3.05, 3.63) is 65.2 Å². The summed E-state index contributed by atoms with van der Waals surface area (Å²) >= 11 is 0. The second-order valence-corrected chi connectivity index (χ2v) is 9.33. The first-order valence-corrected chi connectivity index (χ1v) is 11.3. The number of sulfonamides is 1. The first kappa shape index (κ1) is 20.4. The van der Waals surface area contributed by atoms with Crippen LogP contribution in [0.4, 0.5) is 10.2 Å². The van der Waals surface area contributed by atoms with Crippen LogP contribution < -0.4 is 4.90 Å². The van der Waals surface area contributed by atoms with Gasteiger partial charge in [-0.2, -0.15) is 9.40 Å². The van der Waals surface area contributed by atoms with Gasteiger partial charge in [-0.05, 0) is 49.7 Å². The lowest BCUT2D eigenvalue weighted by Crippen LogP contribution is -2.49. The lowest BCUT2D eigenvalue weighted by molar-refractivity contribution is 0.383. The van der Waals surface area contributed by atoms with Crippen LogP contribution in [-0.2, 0) is 15.8 Å². The minimum Gasteiger partial charge on any atom is -0.352 e. The Kier molecular flexibility index (Phi) is 5.52. The van der Waals surface area contributed by atoms with E-state index in [0.717, 1.165) is 11.4 Å². The molecule has 1 aromatic carbocycles. The number of hydrogen-bond donors (Lipinski definition) is 0.